The fraction of sp³-hybridized carbons (Fsp3) is 0.333. The summed E-state index contributed by atoms with van der Waals surface area (Å²) in [5.41, 5.74) is 1.07. The van der Waals surface area contributed by atoms with Crippen molar-refractivity contribution in [3.05, 3.63) is 60.2 Å². The Morgan fingerprint density at radius 3 is 2.69 bits per heavy atom. The number of nitrogens with zero attached hydrogens (tertiary/aromatic N) is 4. The normalized spacial score (nSPS) is 11.2. The van der Waals surface area contributed by atoms with E-state index in [0.717, 1.165) is 5.56 Å². The summed E-state index contributed by atoms with van der Waals surface area (Å²) in [4.78, 5) is 21.0. The van der Waals surface area contributed by atoms with E-state index in [2.05, 4.69) is 20.4 Å². The number of pyridine rings is 1. The predicted molar refractivity (Wildman–Crippen MR) is 109 cm³/mol. The topological polar surface area (TPSA) is 91.2 Å². The minimum Gasteiger partial charge on any atom is -0.490 e. The van der Waals surface area contributed by atoms with Crippen molar-refractivity contribution in [1.82, 2.24) is 19.7 Å². The minimum absolute atomic E-state index is 0.303. The third kappa shape index (κ3) is 5.10. The highest BCUT2D eigenvalue weighted by Gasteiger charge is 2.21. The van der Waals surface area contributed by atoms with Crippen LogP contribution in [0.25, 0.3) is 0 Å². The van der Waals surface area contributed by atoms with E-state index in [-0.39, 0.29) is 11.4 Å². The summed E-state index contributed by atoms with van der Waals surface area (Å²) < 4.78 is 13.2. The van der Waals surface area contributed by atoms with Crippen molar-refractivity contribution in [2.24, 2.45) is 0 Å². The number of ether oxygens (including phenoxy) is 2. The number of aromatic nitrogens is 4. The summed E-state index contributed by atoms with van der Waals surface area (Å²) >= 11 is 0. The van der Waals surface area contributed by atoms with Gasteiger partial charge in [-0.05, 0) is 52.0 Å². The van der Waals surface area contributed by atoms with Gasteiger partial charge in [0.2, 0.25) is 5.95 Å². The maximum Gasteiger partial charge on any atom is 0.258 e. The lowest BCUT2D eigenvalue weighted by atomic mass is 10.1. The molecule has 0 saturated heterocycles. The molecular formula is C21H25N5O3. The van der Waals surface area contributed by atoms with Crippen LogP contribution in [0, 0.1) is 0 Å². The van der Waals surface area contributed by atoms with Crippen LogP contribution in [0.4, 0.5) is 5.95 Å². The second-order valence-electron chi connectivity index (χ2n) is 7.36. The van der Waals surface area contributed by atoms with Gasteiger partial charge in [0.05, 0.1) is 12.1 Å². The van der Waals surface area contributed by atoms with Crippen molar-refractivity contribution in [3.63, 3.8) is 0 Å². The van der Waals surface area contributed by atoms with Crippen LogP contribution in [0.3, 0.4) is 0 Å². The number of hydrogen-bond acceptors (Lipinski definition) is 6. The lowest BCUT2D eigenvalue weighted by Gasteiger charge is -2.21. The fourth-order valence-electron chi connectivity index (χ4n) is 2.67. The minimum atomic E-state index is -0.306. The largest absolute Gasteiger partial charge is 0.490 e. The Morgan fingerprint density at radius 1 is 1.17 bits per heavy atom. The van der Waals surface area contributed by atoms with Crippen LogP contribution in [-0.2, 0) is 12.1 Å². The number of carbonyl (C=O) groups is 1. The maximum atomic E-state index is 12.7. The van der Waals surface area contributed by atoms with Gasteiger partial charge in [0.1, 0.15) is 12.9 Å². The molecule has 8 nitrogen and oxygen atoms in total. The van der Waals surface area contributed by atoms with Crippen LogP contribution in [0.15, 0.2) is 49.1 Å². The van der Waals surface area contributed by atoms with Crippen molar-refractivity contribution in [3.8, 4) is 11.5 Å². The molecule has 1 amide bonds. The summed E-state index contributed by atoms with van der Waals surface area (Å²) in [7, 11) is 0. The highest BCUT2D eigenvalue weighted by Crippen LogP contribution is 2.29. The highest BCUT2D eigenvalue weighted by molar-refractivity contribution is 6.03. The van der Waals surface area contributed by atoms with Gasteiger partial charge in [0, 0.05) is 23.5 Å². The lowest BCUT2D eigenvalue weighted by molar-refractivity contribution is 0.102. The molecule has 2 aromatic heterocycles. The third-order valence-electron chi connectivity index (χ3n) is 4.03. The van der Waals surface area contributed by atoms with Crippen molar-refractivity contribution in [1.29, 1.82) is 0 Å². The quantitative estimate of drug-likeness (QED) is 0.656. The molecule has 0 aliphatic carbocycles. The predicted octanol–water partition coefficient (Wildman–Crippen LogP) is 3.66. The van der Waals surface area contributed by atoms with Crippen molar-refractivity contribution >= 4 is 11.9 Å². The van der Waals surface area contributed by atoms with E-state index in [1.54, 1.807) is 35.3 Å². The van der Waals surface area contributed by atoms with Gasteiger partial charge < -0.3 is 9.47 Å². The number of carbonyl (C=O) groups excluding carboxylic acids is 1. The van der Waals surface area contributed by atoms with Crippen molar-refractivity contribution < 1.29 is 14.3 Å². The van der Waals surface area contributed by atoms with E-state index in [4.69, 9.17) is 9.47 Å². The number of amides is 1. The summed E-state index contributed by atoms with van der Waals surface area (Å²) in [5, 5.41) is 7.00. The summed E-state index contributed by atoms with van der Waals surface area (Å²) in [6.45, 7) is 8.64. The van der Waals surface area contributed by atoms with Gasteiger partial charge in [-0.3, -0.25) is 15.1 Å². The molecule has 3 rings (SSSR count). The summed E-state index contributed by atoms with van der Waals surface area (Å²) in [6, 6.07) is 8.86. The maximum absolute atomic E-state index is 12.7. The smallest absolute Gasteiger partial charge is 0.258 e. The van der Waals surface area contributed by atoms with E-state index >= 15 is 0 Å². The molecule has 1 N–H and O–H groups in total. The van der Waals surface area contributed by atoms with Crippen molar-refractivity contribution in [2.75, 3.05) is 11.9 Å². The second kappa shape index (κ2) is 8.72. The molecule has 0 radical (unpaired) electrons. The standard InChI is InChI=1S/C21H25N5O3/c1-5-28-18-11-16(8-9-17(18)29-13-15-7-6-10-22-12-15)19(27)25-20-23-14-24-26(20)21(2,3)4/h6-12,14H,5,13H2,1-4H3,(H,23,24,25,27). The first-order chi connectivity index (χ1) is 13.9. The van der Waals surface area contributed by atoms with Gasteiger partial charge in [0.15, 0.2) is 11.5 Å². The lowest BCUT2D eigenvalue weighted by Crippen LogP contribution is -2.27. The molecule has 0 fully saturated rings. The van der Waals surface area contributed by atoms with Crippen molar-refractivity contribution in [2.45, 2.75) is 39.8 Å². The zero-order valence-corrected chi connectivity index (χ0v) is 17.0. The molecule has 152 valence electrons. The Hall–Kier alpha value is -3.42. The first-order valence-corrected chi connectivity index (χ1v) is 9.39. The van der Waals surface area contributed by atoms with E-state index in [0.29, 0.717) is 36.2 Å². The van der Waals surface area contributed by atoms with Crippen LogP contribution in [0.5, 0.6) is 11.5 Å². The summed E-state index contributed by atoms with van der Waals surface area (Å²) in [5.74, 6) is 1.15. The molecule has 0 saturated carbocycles. The Labute approximate surface area is 169 Å². The molecule has 3 aromatic rings. The first-order valence-electron chi connectivity index (χ1n) is 9.39. The zero-order chi connectivity index (χ0) is 20.9. The van der Waals surface area contributed by atoms with Gasteiger partial charge in [-0.2, -0.15) is 10.1 Å². The number of hydrogen-bond donors (Lipinski definition) is 1. The summed E-state index contributed by atoms with van der Waals surface area (Å²) in [6.07, 6.45) is 4.87. The molecular weight excluding hydrogens is 370 g/mol. The zero-order valence-electron chi connectivity index (χ0n) is 17.0. The second-order valence-corrected chi connectivity index (χ2v) is 7.36. The van der Waals surface area contributed by atoms with Gasteiger partial charge in [-0.15, -0.1) is 0 Å². The number of anilines is 1. The molecule has 1 aromatic carbocycles. The highest BCUT2D eigenvalue weighted by atomic mass is 16.5. The molecule has 29 heavy (non-hydrogen) atoms. The molecule has 2 heterocycles. The van der Waals surface area contributed by atoms with Crippen LogP contribution in [-0.4, -0.2) is 32.3 Å². The molecule has 8 heteroatoms. The average Bonchev–Trinajstić information content (AvgIpc) is 3.16. The molecule has 0 atom stereocenters. The Kier molecular flexibility index (Phi) is 6.11. The monoisotopic (exact) mass is 395 g/mol. The average molecular weight is 395 g/mol. The molecule has 0 aliphatic heterocycles. The number of benzene rings is 1. The van der Waals surface area contributed by atoms with E-state index in [9.17, 15) is 4.79 Å². The molecule has 0 spiro atoms. The first kappa shape index (κ1) is 20.3. The Balaban J connectivity index is 1.77. The van der Waals surface area contributed by atoms with Gasteiger partial charge in [-0.25, -0.2) is 4.68 Å². The van der Waals surface area contributed by atoms with Gasteiger partial charge in [-0.1, -0.05) is 6.07 Å². The number of rotatable bonds is 7. The van der Waals surface area contributed by atoms with Gasteiger partial charge >= 0.3 is 0 Å². The molecule has 0 aliphatic rings. The van der Waals surface area contributed by atoms with E-state index < -0.39 is 0 Å². The van der Waals surface area contributed by atoms with Crippen LogP contribution in [0.1, 0.15) is 43.6 Å². The van der Waals surface area contributed by atoms with Crippen LogP contribution >= 0.6 is 0 Å². The van der Waals surface area contributed by atoms with E-state index in [1.807, 2.05) is 39.8 Å². The van der Waals surface area contributed by atoms with E-state index in [1.165, 1.54) is 6.33 Å². The van der Waals surface area contributed by atoms with Crippen LogP contribution in [0.2, 0.25) is 0 Å². The van der Waals surface area contributed by atoms with Crippen LogP contribution < -0.4 is 14.8 Å². The SMILES string of the molecule is CCOc1cc(C(=O)Nc2ncnn2C(C)(C)C)ccc1OCc1cccnc1. The molecule has 0 unspecified atom stereocenters. The third-order valence-corrected chi connectivity index (χ3v) is 4.03. The Morgan fingerprint density at radius 2 is 2.00 bits per heavy atom. The fourth-order valence-corrected chi connectivity index (χ4v) is 2.67. The molecule has 0 bridgehead atoms. The number of nitrogens with one attached hydrogen (secondary N) is 1. The van der Waals surface area contributed by atoms with Gasteiger partial charge in [0.25, 0.3) is 5.91 Å². The Bertz CT molecular complexity index is 964.